The number of sulfonamides is 1. The number of aryl methyl sites for hydroxylation is 2. The van der Waals surface area contributed by atoms with Crippen molar-refractivity contribution in [1.29, 1.82) is 0 Å². The molecule has 0 aromatic heterocycles. The van der Waals surface area contributed by atoms with Gasteiger partial charge in [0, 0.05) is 13.1 Å². The molecule has 1 aliphatic carbocycles. The van der Waals surface area contributed by atoms with Gasteiger partial charge in [0.2, 0.25) is 10.0 Å². The molecule has 0 bridgehead atoms. The molecule has 154 valence electrons. The van der Waals surface area contributed by atoms with E-state index in [1.807, 2.05) is 6.07 Å². The molecule has 7 nitrogen and oxygen atoms in total. The number of rotatable bonds is 6. The van der Waals surface area contributed by atoms with Gasteiger partial charge in [0.25, 0.3) is 0 Å². The normalized spacial score (nSPS) is 18.1. The van der Waals surface area contributed by atoms with E-state index in [1.54, 1.807) is 26.0 Å². The first kappa shape index (κ1) is 20.8. The van der Waals surface area contributed by atoms with Crippen LogP contribution in [-0.4, -0.2) is 50.5 Å². The number of carbonyl (C=O) groups is 2. The minimum absolute atomic E-state index is 0.260. The Bertz CT molecular complexity index is 840. The van der Waals surface area contributed by atoms with Crippen LogP contribution in [-0.2, 0) is 41.9 Å². The number of ether oxygens (including phenoxy) is 2. The highest BCUT2D eigenvalue weighted by molar-refractivity contribution is 7.89. The lowest BCUT2D eigenvalue weighted by Crippen LogP contribution is -2.40. The molecule has 0 N–H and O–H groups in total. The van der Waals surface area contributed by atoms with Crippen LogP contribution >= 0.6 is 0 Å². The first-order valence-electron chi connectivity index (χ1n) is 9.75. The predicted molar refractivity (Wildman–Crippen MR) is 102 cm³/mol. The molecule has 0 saturated carbocycles. The van der Waals surface area contributed by atoms with Crippen LogP contribution in [0.2, 0.25) is 0 Å². The predicted octanol–water partition coefficient (Wildman–Crippen LogP) is 2.07. The molecule has 3 rings (SSSR count). The van der Waals surface area contributed by atoms with Gasteiger partial charge in [0.05, 0.1) is 16.9 Å². The van der Waals surface area contributed by atoms with E-state index in [0.717, 1.165) is 24.8 Å². The van der Waals surface area contributed by atoms with Crippen molar-refractivity contribution in [1.82, 2.24) is 4.31 Å². The van der Waals surface area contributed by atoms with Crippen LogP contribution in [0.5, 0.6) is 0 Å². The quantitative estimate of drug-likeness (QED) is 0.668. The summed E-state index contributed by atoms with van der Waals surface area (Å²) in [6.45, 7) is 3.55. The summed E-state index contributed by atoms with van der Waals surface area (Å²) in [5.74, 6) is -1.46. The molecule has 28 heavy (non-hydrogen) atoms. The summed E-state index contributed by atoms with van der Waals surface area (Å²) in [5.41, 5.74) is 2.35. The van der Waals surface area contributed by atoms with E-state index in [2.05, 4.69) is 0 Å². The molecular weight excluding hydrogens is 382 g/mol. The zero-order chi connectivity index (χ0) is 20.3. The van der Waals surface area contributed by atoms with E-state index in [9.17, 15) is 18.0 Å². The van der Waals surface area contributed by atoms with Gasteiger partial charge in [0.1, 0.15) is 0 Å². The lowest BCUT2D eigenvalue weighted by Gasteiger charge is -2.30. The van der Waals surface area contributed by atoms with Crippen molar-refractivity contribution in [3.8, 4) is 0 Å². The van der Waals surface area contributed by atoms with Crippen LogP contribution in [0.3, 0.4) is 0 Å². The van der Waals surface area contributed by atoms with Crippen LogP contribution in [0.25, 0.3) is 0 Å². The first-order chi connectivity index (χ1) is 13.3. The summed E-state index contributed by atoms with van der Waals surface area (Å²) in [6, 6.07) is 5.38. The number of hydrogen-bond donors (Lipinski definition) is 0. The van der Waals surface area contributed by atoms with Gasteiger partial charge in [-0.1, -0.05) is 6.07 Å². The molecule has 1 fully saturated rings. The largest absolute Gasteiger partial charge is 0.460 e. The lowest BCUT2D eigenvalue weighted by atomic mass is 9.98. The molecule has 8 heteroatoms. The Morgan fingerprint density at radius 1 is 1.14 bits per heavy atom. The molecule has 2 aliphatic rings. The second-order valence-corrected chi connectivity index (χ2v) is 9.55. The van der Waals surface area contributed by atoms with E-state index in [1.165, 1.54) is 9.87 Å². The Balaban J connectivity index is 1.54. The number of carbonyl (C=O) groups excluding carboxylic acids is 2. The summed E-state index contributed by atoms with van der Waals surface area (Å²) in [6.07, 6.45) is 3.49. The second kappa shape index (κ2) is 8.61. The van der Waals surface area contributed by atoms with Gasteiger partial charge >= 0.3 is 11.9 Å². The van der Waals surface area contributed by atoms with Crippen LogP contribution < -0.4 is 0 Å². The SMILES string of the molecule is CC(C)OC(=O)COC(=O)C1CCN(S(=O)(=O)c2ccc3c(c2)CCC3)CC1. The highest BCUT2D eigenvalue weighted by atomic mass is 32.2. The number of hydrogen-bond acceptors (Lipinski definition) is 6. The van der Waals surface area contributed by atoms with E-state index in [-0.39, 0.29) is 19.2 Å². The smallest absolute Gasteiger partial charge is 0.344 e. The Kier molecular flexibility index (Phi) is 6.40. The maximum absolute atomic E-state index is 12.9. The number of fused-ring (bicyclic) bond motifs is 1. The average Bonchev–Trinajstić information content (AvgIpc) is 3.13. The van der Waals surface area contributed by atoms with Crippen LogP contribution in [0.15, 0.2) is 23.1 Å². The number of piperidine rings is 1. The monoisotopic (exact) mass is 409 g/mol. The van der Waals surface area contributed by atoms with Crippen molar-refractivity contribution in [2.24, 2.45) is 5.92 Å². The van der Waals surface area contributed by atoms with Gasteiger partial charge in [-0.05, 0) is 69.2 Å². The molecule has 0 amide bonds. The molecule has 1 saturated heterocycles. The molecule has 0 radical (unpaired) electrons. The van der Waals surface area contributed by atoms with Crippen molar-refractivity contribution in [3.63, 3.8) is 0 Å². The summed E-state index contributed by atoms with van der Waals surface area (Å²) >= 11 is 0. The molecular formula is C20H27NO6S. The number of nitrogens with zero attached hydrogens (tertiary/aromatic N) is 1. The summed E-state index contributed by atoms with van der Waals surface area (Å²) in [4.78, 5) is 23.9. The Labute approximate surface area is 166 Å². The number of esters is 2. The van der Waals surface area contributed by atoms with Crippen LogP contribution in [0, 0.1) is 5.92 Å². The molecule has 1 aliphatic heterocycles. The minimum atomic E-state index is -3.56. The van der Waals surface area contributed by atoms with E-state index < -0.39 is 34.5 Å². The van der Waals surface area contributed by atoms with Crippen molar-refractivity contribution < 1.29 is 27.5 Å². The third-order valence-electron chi connectivity index (χ3n) is 5.19. The van der Waals surface area contributed by atoms with E-state index >= 15 is 0 Å². The third kappa shape index (κ3) is 4.72. The van der Waals surface area contributed by atoms with Gasteiger partial charge in [-0.25, -0.2) is 13.2 Å². The summed E-state index contributed by atoms with van der Waals surface area (Å²) in [7, 11) is -3.56. The fourth-order valence-corrected chi connectivity index (χ4v) is 5.26. The maximum Gasteiger partial charge on any atom is 0.344 e. The zero-order valence-corrected chi connectivity index (χ0v) is 17.2. The van der Waals surface area contributed by atoms with Gasteiger partial charge in [-0.15, -0.1) is 0 Å². The highest BCUT2D eigenvalue weighted by Gasteiger charge is 2.33. The Hall–Kier alpha value is -1.93. The minimum Gasteiger partial charge on any atom is -0.460 e. The summed E-state index contributed by atoms with van der Waals surface area (Å²) in [5, 5.41) is 0. The zero-order valence-electron chi connectivity index (χ0n) is 16.3. The van der Waals surface area contributed by atoms with E-state index in [4.69, 9.17) is 9.47 Å². The van der Waals surface area contributed by atoms with Gasteiger partial charge in [0.15, 0.2) is 6.61 Å². The van der Waals surface area contributed by atoms with E-state index in [0.29, 0.717) is 17.7 Å². The molecule has 0 unspecified atom stereocenters. The van der Waals surface area contributed by atoms with Gasteiger partial charge < -0.3 is 9.47 Å². The second-order valence-electron chi connectivity index (χ2n) is 7.61. The van der Waals surface area contributed by atoms with Gasteiger partial charge in [-0.3, -0.25) is 4.79 Å². The topological polar surface area (TPSA) is 90.0 Å². The fourth-order valence-electron chi connectivity index (χ4n) is 3.73. The van der Waals surface area contributed by atoms with Crippen LogP contribution in [0.1, 0.15) is 44.2 Å². The average molecular weight is 410 g/mol. The lowest BCUT2D eigenvalue weighted by molar-refractivity contribution is -0.164. The summed E-state index contributed by atoms with van der Waals surface area (Å²) < 4.78 is 37.2. The standard InChI is InChI=1S/C20H27NO6S/c1-14(2)27-19(22)13-26-20(23)16-8-10-21(11-9-16)28(24,25)18-7-6-15-4-3-5-17(15)12-18/h6-7,12,14,16H,3-5,8-11,13H2,1-2H3. The molecule has 0 spiro atoms. The van der Waals surface area contributed by atoms with Crippen molar-refractivity contribution in [2.45, 2.75) is 57.0 Å². The third-order valence-corrected chi connectivity index (χ3v) is 7.09. The van der Waals surface area contributed by atoms with Crippen molar-refractivity contribution >= 4 is 22.0 Å². The molecule has 1 aromatic carbocycles. The Morgan fingerprint density at radius 2 is 1.82 bits per heavy atom. The maximum atomic E-state index is 12.9. The van der Waals surface area contributed by atoms with Crippen molar-refractivity contribution in [3.05, 3.63) is 29.3 Å². The van der Waals surface area contributed by atoms with Crippen LogP contribution in [0.4, 0.5) is 0 Å². The van der Waals surface area contributed by atoms with Crippen molar-refractivity contribution in [2.75, 3.05) is 19.7 Å². The highest BCUT2D eigenvalue weighted by Crippen LogP contribution is 2.28. The Morgan fingerprint density at radius 3 is 2.50 bits per heavy atom. The molecule has 1 aromatic rings. The first-order valence-corrected chi connectivity index (χ1v) is 11.2. The fraction of sp³-hybridized carbons (Fsp3) is 0.600. The molecule has 0 atom stereocenters. The number of benzene rings is 1. The van der Waals surface area contributed by atoms with Gasteiger partial charge in [-0.2, -0.15) is 4.31 Å². The molecule has 1 heterocycles.